The molecule has 4 heteroatoms. The molecule has 1 saturated heterocycles. The molecule has 3 rings (SSSR count). The molecule has 1 aromatic rings. The highest BCUT2D eigenvalue weighted by molar-refractivity contribution is 7.09. The van der Waals surface area contributed by atoms with Crippen molar-refractivity contribution in [3.63, 3.8) is 0 Å². The standard InChI is InChI=1S/C12H18N2OS/c1-12(14-10-2-3-10,9-4-6-15-8-9)11-13-5-7-16-11/h5,7,9-10,14H,2-4,6,8H2,1H3. The van der Waals surface area contributed by atoms with Crippen molar-refractivity contribution < 1.29 is 4.74 Å². The Hall–Kier alpha value is -0.450. The maximum atomic E-state index is 5.54. The van der Waals surface area contributed by atoms with Gasteiger partial charge in [0.15, 0.2) is 0 Å². The third kappa shape index (κ3) is 1.90. The van der Waals surface area contributed by atoms with Crippen molar-refractivity contribution in [3.05, 3.63) is 16.6 Å². The van der Waals surface area contributed by atoms with Gasteiger partial charge in [0.1, 0.15) is 5.01 Å². The zero-order valence-corrected chi connectivity index (χ0v) is 10.4. The molecule has 1 aliphatic heterocycles. The second-order valence-electron chi connectivity index (χ2n) is 5.02. The fourth-order valence-corrected chi connectivity index (χ4v) is 3.32. The van der Waals surface area contributed by atoms with Gasteiger partial charge in [0.25, 0.3) is 0 Å². The molecule has 0 radical (unpaired) electrons. The first-order valence-corrected chi connectivity index (χ1v) is 6.92. The van der Waals surface area contributed by atoms with Gasteiger partial charge in [0.2, 0.25) is 0 Å². The van der Waals surface area contributed by atoms with Gasteiger partial charge in [0, 0.05) is 30.1 Å². The highest BCUT2D eigenvalue weighted by Crippen LogP contribution is 2.38. The van der Waals surface area contributed by atoms with E-state index in [0.29, 0.717) is 12.0 Å². The summed E-state index contributed by atoms with van der Waals surface area (Å²) in [6.07, 6.45) is 5.68. The van der Waals surface area contributed by atoms with E-state index in [1.807, 2.05) is 6.20 Å². The summed E-state index contributed by atoms with van der Waals surface area (Å²) in [5.74, 6) is 0.569. The second kappa shape index (κ2) is 4.09. The average molecular weight is 238 g/mol. The number of aromatic nitrogens is 1. The maximum Gasteiger partial charge on any atom is 0.113 e. The first-order chi connectivity index (χ1) is 7.79. The number of ether oxygens (including phenoxy) is 1. The minimum absolute atomic E-state index is 0.0197. The summed E-state index contributed by atoms with van der Waals surface area (Å²) in [5.41, 5.74) is 0.0197. The molecule has 0 spiro atoms. The van der Waals surface area contributed by atoms with Crippen molar-refractivity contribution in [2.45, 2.75) is 37.8 Å². The lowest BCUT2D eigenvalue weighted by Gasteiger charge is -2.34. The molecule has 3 nitrogen and oxygen atoms in total. The molecule has 88 valence electrons. The lowest BCUT2D eigenvalue weighted by molar-refractivity contribution is 0.151. The first kappa shape index (κ1) is 10.7. The first-order valence-electron chi connectivity index (χ1n) is 6.04. The van der Waals surface area contributed by atoms with Gasteiger partial charge in [-0.1, -0.05) is 0 Å². The number of thiazole rings is 1. The Morgan fingerprint density at radius 3 is 2.94 bits per heavy atom. The van der Waals surface area contributed by atoms with E-state index in [-0.39, 0.29) is 5.54 Å². The summed E-state index contributed by atoms with van der Waals surface area (Å²) in [6, 6.07) is 0.703. The Kier molecular flexibility index (Phi) is 2.73. The van der Waals surface area contributed by atoms with Crippen LogP contribution in [-0.4, -0.2) is 24.2 Å². The van der Waals surface area contributed by atoms with E-state index >= 15 is 0 Å². The Bertz CT molecular complexity index is 344. The van der Waals surface area contributed by atoms with Gasteiger partial charge in [-0.15, -0.1) is 11.3 Å². The van der Waals surface area contributed by atoms with E-state index in [2.05, 4.69) is 22.6 Å². The SMILES string of the molecule is CC(NC1CC1)(c1nccs1)C1CCOC1. The van der Waals surface area contributed by atoms with Crippen molar-refractivity contribution in [3.8, 4) is 0 Å². The molecular formula is C12H18N2OS. The fraction of sp³-hybridized carbons (Fsp3) is 0.750. The third-order valence-corrected chi connectivity index (χ3v) is 4.71. The van der Waals surface area contributed by atoms with Crippen LogP contribution in [-0.2, 0) is 10.3 Å². The summed E-state index contributed by atoms with van der Waals surface area (Å²) in [7, 11) is 0. The molecule has 2 heterocycles. The molecule has 2 atom stereocenters. The summed E-state index contributed by atoms with van der Waals surface area (Å²) >= 11 is 1.76. The third-order valence-electron chi connectivity index (χ3n) is 3.70. The van der Waals surface area contributed by atoms with Crippen LogP contribution in [0.2, 0.25) is 0 Å². The Morgan fingerprint density at radius 1 is 1.50 bits per heavy atom. The molecule has 1 saturated carbocycles. The molecule has 0 aromatic carbocycles. The van der Waals surface area contributed by atoms with Gasteiger partial charge in [-0.05, 0) is 26.2 Å². The van der Waals surface area contributed by atoms with Crippen molar-refractivity contribution in [2.75, 3.05) is 13.2 Å². The molecule has 16 heavy (non-hydrogen) atoms. The Labute approximate surface area is 100 Å². The monoisotopic (exact) mass is 238 g/mol. The maximum absolute atomic E-state index is 5.54. The van der Waals surface area contributed by atoms with Crippen LogP contribution in [0.4, 0.5) is 0 Å². The van der Waals surface area contributed by atoms with Crippen LogP contribution in [0.1, 0.15) is 31.2 Å². The van der Waals surface area contributed by atoms with Crippen LogP contribution >= 0.6 is 11.3 Å². The number of hydrogen-bond acceptors (Lipinski definition) is 4. The smallest absolute Gasteiger partial charge is 0.113 e. The topological polar surface area (TPSA) is 34.2 Å². The minimum atomic E-state index is 0.0197. The number of hydrogen-bond donors (Lipinski definition) is 1. The summed E-state index contributed by atoms with van der Waals surface area (Å²) in [6.45, 7) is 4.07. The normalized spacial score (nSPS) is 29.2. The highest BCUT2D eigenvalue weighted by atomic mass is 32.1. The lowest BCUT2D eigenvalue weighted by atomic mass is 9.85. The van der Waals surface area contributed by atoms with Crippen molar-refractivity contribution in [1.82, 2.24) is 10.3 Å². The molecule has 0 amide bonds. The molecule has 1 aromatic heterocycles. The molecule has 2 fully saturated rings. The lowest BCUT2D eigenvalue weighted by Crippen LogP contribution is -2.47. The average Bonchev–Trinajstić information content (AvgIpc) is 2.83. The number of nitrogens with one attached hydrogen (secondary N) is 1. The van der Waals surface area contributed by atoms with Gasteiger partial charge in [-0.2, -0.15) is 0 Å². The molecule has 1 aliphatic carbocycles. The molecule has 2 aliphatic rings. The molecule has 0 bridgehead atoms. The van der Waals surface area contributed by atoms with E-state index in [4.69, 9.17) is 4.74 Å². The van der Waals surface area contributed by atoms with E-state index in [1.54, 1.807) is 11.3 Å². The van der Waals surface area contributed by atoms with Gasteiger partial charge >= 0.3 is 0 Å². The predicted molar refractivity (Wildman–Crippen MR) is 64.5 cm³/mol. The summed E-state index contributed by atoms with van der Waals surface area (Å²) < 4.78 is 5.54. The van der Waals surface area contributed by atoms with Crippen LogP contribution < -0.4 is 5.32 Å². The van der Waals surface area contributed by atoms with E-state index in [0.717, 1.165) is 19.6 Å². The van der Waals surface area contributed by atoms with Crippen LogP contribution in [0.3, 0.4) is 0 Å². The van der Waals surface area contributed by atoms with Gasteiger partial charge in [-0.3, -0.25) is 0 Å². The number of nitrogens with zero attached hydrogens (tertiary/aromatic N) is 1. The zero-order chi connectivity index (χ0) is 11.0. The number of rotatable bonds is 4. The summed E-state index contributed by atoms with van der Waals surface area (Å²) in [5, 5.41) is 7.06. The van der Waals surface area contributed by atoms with Crippen LogP contribution in [0, 0.1) is 5.92 Å². The molecule has 2 unspecified atom stereocenters. The Morgan fingerprint density at radius 2 is 2.38 bits per heavy atom. The second-order valence-corrected chi connectivity index (χ2v) is 5.91. The Balaban J connectivity index is 1.85. The zero-order valence-electron chi connectivity index (χ0n) is 9.61. The van der Waals surface area contributed by atoms with Crippen molar-refractivity contribution in [1.29, 1.82) is 0 Å². The van der Waals surface area contributed by atoms with E-state index in [1.165, 1.54) is 17.8 Å². The highest BCUT2D eigenvalue weighted by Gasteiger charge is 2.43. The largest absolute Gasteiger partial charge is 0.381 e. The van der Waals surface area contributed by atoms with Crippen LogP contribution in [0.15, 0.2) is 11.6 Å². The molecular weight excluding hydrogens is 220 g/mol. The van der Waals surface area contributed by atoms with Crippen LogP contribution in [0.5, 0.6) is 0 Å². The van der Waals surface area contributed by atoms with Crippen LogP contribution in [0.25, 0.3) is 0 Å². The fourth-order valence-electron chi connectivity index (χ4n) is 2.48. The predicted octanol–water partition coefficient (Wildman–Crippen LogP) is 2.15. The van der Waals surface area contributed by atoms with Gasteiger partial charge in [-0.25, -0.2) is 4.98 Å². The van der Waals surface area contributed by atoms with Crippen molar-refractivity contribution in [2.24, 2.45) is 5.92 Å². The van der Waals surface area contributed by atoms with E-state index in [9.17, 15) is 0 Å². The minimum Gasteiger partial charge on any atom is -0.381 e. The van der Waals surface area contributed by atoms with Gasteiger partial charge < -0.3 is 10.1 Å². The quantitative estimate of drug-likeness (QED) is 0.872. The van der Waals surface area contributed by atoms with Crippen molar-refractivity contribution >= 4 is 11.3 Å². The van der Waals surface area contributed by atoms with E-state index < -0.39 is 0 Å². The summed E-state index contributed by atoms with van der Waals surface area (Å²) in [4.78, 5) is 4.51. The molecule has 1 N–H and O–H groups in total. The van der Waals surface area contributed by atoms with Gasteiger partial charge in [0.05, 0.1) is 12.1 Å².